The summed E-state index contributed by atoms with van der Waals surface area (Å²) in [6.07, 6.45) is 4.97. The average molecular weight is 311 g/mol. The van der Waals surface area contributed by atoms with E-state index in [-0.39, 0.29) is 5.75 Å². The molecule has 0 aromatic heterocycles. The first-order valence-corrected chi connectivity index (χ1v) is 7.96. The predicted molar refractivity (Wildman–Crippen MR) is 84.1 cm³/mol. The number of nitrogens with one attached hydrogen (secondary N) is 1. The zero-order valence-corrected chi connectivity index (χ0v) is 13.4. The third-order valence-corrected chi connectivity index (χ3v) is 5.05. The lowest BCUT2D eigenvalue weighted by molar-refractivity contribution is 0.164. The first-order valence-electron chi connectivity index (χ1n) is 7.58. The summed E-state index contributed by atoms with van der Waals surface area (Å²) in [5, 5.41) is 14.5. The number of benzene rings is 1. The molecule has 2 aliphatic heterocycles. The Morgan fingerprint density at radius 1 is 1.33 bits per heavy atom. The van der Waals surface area contributed by atoms with Gasteiger partial charge in [0.15, 0.2) is 11.5 Å². The summed E-state index contributed by atoms with van der Waals surface area (Å²) in [6, 6.07) is 5.36. The summed E-state index contributed by atoms with van der Waals surface area (Å²) >= 11 is 6.11. The molecule has 21 heavy (non-hydrogen) atoms. The number of methoxy groups -OCH3 is 1. The van der Waals surface area contributed by atoms with Crippen molar-refractivity contribution in [3.63, 3.8) is 0 Å². The Kier molecular flexibility index (Phi) is 4.29. The van der Waals surface area contributed by atoms with Crippen LogP contribution in [-0.2, 0) is 6.54 Å². The van der Waals surface area contributed by atoms with E-state index in [1.807, 2.05) is 6.07 Å². The molecule has 2 fully saturated rings. The van der Waals surface area contributed by atoms with E-state index in [0.717, 1.165) is 5.56 Å². The highest BCUT2D eigenvalue weighted by molar-refractivity contribution is 6.30. The second-order valence-electron chi connectivity index (χ2n) is 6.29. The van der Waals surface area contributed by atoms with E-state index in [0.29, 0.717) is 35.4 Å². The van der Waals surface area contributed by atoms with Gasteiger partial charge < -0.3 is 15.2 Å². The molecule has 2 saturated heterocycles. The van der Waals surface area contributed by atoms with Crippen LogP contribution < -0.4 is 10.1 Å². The second-order valence-corrected chi connectivity index (χ2v) is 6.73. The number of piperidine rings is 1. The molecule has 0 amide bonds. The summed E-state index contributed by atoms with van der Waals surface area (Å²) in [5.41, 5.74) is 0.827. The number of rotatable bonds is 4. The van der Waals surface area contributed by atoms with Gasteiger partial charge in [0.05, 0.1) is 7.11 Å². The molecule has 0 spiro atoms. The minimum Gasteiger partial charge on any atom is -0.504 e. The lowest BCUT2D eigenvalue weighted by Gasteiger charge is -2.35. The maximum atomic E-state index is 10.3. The number of phenols is 1. The van der Waals surface area contributed by atoms with Crippen molar-refractivity contribution < 1.29 is 9.84 Å². The number of hydrogen-bond acceptors (Lipinski definition) is 4. The number of phenolic OH excluding ortho intramolecular Hbond substituents is 1. The van der Waals surface area contributed by atoms with Gasteiger partial charge >= 0.3 is 0 Å². The summed E-state index contributed by atoms with van der Waals surface area (Å²) in [5.74, 6) is 0.641. The van der Waals surface area contributed by atoms with Crippen molar-refractivity contribution in [2.75, 3.05) is 14.2 Å². The fourth-order valence-corrected chi connectivity index (χ4v) is 3.92. The van der Waals surface area contributed by atoms with Gasteiger partial charge in [-0.1, -0.05) is 11.6 Å². The number of nitrogens with zero attached hydrogens (tertiary/aromatic N) is 1. The minimum absolute atomic E-state index is 0.200. The number of ether oxygens (including phenoxy) is 1. The second kappa shape index (κ2) is 6.03. The molecule has 2 N–H and O–H groups in total. The number of aromatic hydroxyl groups is 1. The van der Waals surface area contributed by atoms with Gasteiger partial charge in [-0.15, -0.1) is 0 Å². The summed E-state index contributed by atoms with van der Waals surface area (Å²) in [4.78, 5) is 2.33. The Balaban J connectivity index is 1.72. The van der Waals surface area contributed by atoms with Gasteiger partial charge in [-0.2, -0.15) is 0 Å². The Labute approximate surface area is 131 Å². The van der Waals surface area contributed by atoms with Gasteiger partial charge in [0.1, 0.15) is 0 Å². The third-order valence-electron chi connectivity index (χ3n) is 4.83. The van der Waals surface area contributed by atoms with Crippen molar-refractivity contribution in [2.24, 2.45) is 0 Å². The van der Waals surface area contributed by atoms with Crippen LogP contribution in [0.2, 0.25) is 5.02 Å². The van der Waals surface area contributed by atoms with Gasteiger partial charge in [0.2, 0.25) is 0 Å². The zero-order valence-electron chi connectivity index (χ0n) is 12.6. The normalized spacial score (nSPS) is 28.1. The van der Waals surface area contributed by atoms with E-state index in [9.17, 15) is 5.11 Å². The number of hydrogen-bond donors (Lipinski definition) is 2. The maximum absolute atomic E-state index is 10.3. The van der Waals surface area contributed by atoms with Crippen LogP contribution in [0.3, 0.4) is 0 Å². The first-order chi connectivity index (χ1) is 10.1. The van der Waals surface area contributed by atoms with Crippen LogP contribution in [0.1, 0.15) is 31.2 Å². The van der Waals surface area contributed by atoms with E-state index in [1.54, 1.807) is 13.2 Å². The van der Waals surface area contributed by atoms with Crippen molar-refractivity contribution in [3.05, 3.63) is 22.7 Å². The summed E-state index contributed by atoms with van der Waals surface area (Å²) in [7, 11) is 3.67. The molecule has 0 aliphatic carbocycles. The van der Waals surface area contributed by atoms with Gasteiger partial charge in [-0.05, 0) is 38.8 Å². The van der Waals surface area contributed by atoms with E-state index in [1.165, 1.54) is 25.7 Å². The van der Waals surface area contributed by atoms with E-state index in [2.05, 4.69) is 17.3 Å². The predicted octanol–water partition coefficient (Wildman–Crippen LogP) is 2.77. The van der Waals surface area contributed by atoms with Crippen LogP contribution in [0.15, 0.2) is 12.1 Å². The molecule has 0 radical (unpaired) electrons. The lowest BCUT2D eigenvalue weighted by atomic mass is 9.98. The SMILES string of the molecule is COc1cc(Cl)cc(CN(C)C2CC3CCC(C2)N3)c1O. The van der Waals surface area contributed by atoms with Crippen molar-refractivity contribution in [3.8, 4) is 11.5 Å². The number of fused-ring (bicyclic) bond motifs is 2. The van der Waals surface area contributed by atoms with Gasteiger partial charge in [0.25, 0.3) is 0 Å². The third kappa shape index (κ3) is 3.12. The van der Waals surface area contributed by atoms with Gasteiger partial charge in [-0.3, -0.25) is 4.90 Å². The molecule has 116 valence electrons. The molecule has 2 heterocycles. The topological polar surface area (TPSA) is 44.7 Å². The maximum Gasteiger partial charge on any atom is 0.162 e. The molecule has 3 rings (SSSR count). The molecule has 2 unspecified atom stereocenters. The molecule has 0 saturated carbocycles. The monoisotopic (exact) mass is 310 g/mol. The van der Waals surface area contributed by atoms with Crippen LogP contribution >= 0.6 is 11.6 Å². The Hall–Kier alpha value is -0.970. The Bertz CT molecular complexity index is 511. The van der Waals surface area contributed by atoms with Gasteiger partial charge in [0, 0.05) is 41.3 Å². The molecule has 5 heteroatoms. The quantitative estimate of drug-likeness (QED) is 0.897. The van der Waals surface area contributed by atoms with Crippen molar-refractivity contribution >= 4 is 11.6 Å². The highest BCUT2D eigenvalue weighted by Crippen LogP contribution is 2.35. The Morgan fingerprint density at radius 3 is 2.62 bits per heavy atom. The van der Waals surface area contributed by atoms with Crippen LogP contribution in [0.4, 0.5) is 0 Å². The highest BCUT2D eigenvalue weighted by Gasteiger charge is 2.35. The van der Waals surface area contributed by atoms with E-state index in [4.69, 9.17) is 16.3 Å². The molecule has 1 aromatic carbocycles. The summed E-state index contributed by atoms with van der Waals surface area (Å²) in [6.45, 7) is 0.687. The molecule has 2 bridgehead atoms. The molecule has 2 atom stereocenters. The molecule has 1 aromatic rings. The zero-order chi connectivity index (χ0) is 15.0. The number of halogens is 1. The average Bonchev–Trinajstić information content (AvgIpc) is 2.80. The van der Waals surface area contributed by atoms with Crippen LogP contribution in [0.25, 0.3) is 0 Å². The van der Waals surface area contributed by atoms with Crippen LogP contribution in [0.5, 0.6) is 11.5 Å². The van der Waals surface area contributed by atoms with E-state index >= 15 is 0 Å². The molecule has 4 nitrogen and oxygen atoms in total. The lowest BCUT2D eigenvalue weighted by Crippen LogP contribution is -2.46. The fraction of sp³-hybridized carbons (Fsp3) is 0.625. The van der Waals surface area contributed by atoms with Crippen LogP contribution in [0, 0.1) is 0 Å². The first kappa shape index (κ1) is 14.9. The standard InChI is InChI=1S/C16H23ClN2O2/c1-19(14-7-12-3-4-13(8-14)18-12)9-10-5-11(17)6-15(21-2)16(10)20/h5-6,12-14,18,20H,3-4,7-9H2,1-2H3. The molecular formula is C16H23ClN2O2. The van der Waals surface area contributed by atoms with Crippen LogP contribution in [-0.4, -0.2) is 42.3 Å². The summed E-state index contributed by atoms with van der Waals surface area (Å²) < 4.78 is 5.17. The molecule has 2 aliphatic rings. The van der Waals surface area contributed by atoms with E-state index < -0.39 is 0 Å². The minimum atomic E-state index is 0.200. The van der Waals surface area contributed by atoms with Crippen molar-refractivity contribution in [2.45, 2.75) is 50.4 Å². The van der Waals surface area contributed by atoms with Crippen molar-refractivity contribution in [1.29, 1.82) is 0 Å². The smallest absolute Gasteiger partial charge is 0.162 e. The largest absolute Gasteiger partial charge is 0.504 e. The Morgan fingerprint density at radius 2 is 2.00 bits per heavy atom. The highest BCUT2D eigenvalue weighted by atomic mass is 35.5. The van der Waals surface area contributed by atoms with Crippen molar-refractivity contribution in [1.82, 2.24) is 10.2 Å². The van der Waals surface area contributed by atoms with Gasteiger partial charge in [-0.25, -0.2) is 0 Å². The molecular weight excluding hydrogens is 288 g/mol. The fourth-order valence-electron chi connectivity index (χ4n) is 3.69.